The number of sulfonamides is 1. The third-order valence-electron chi connectivity index (χ3n) is 2.00. The minimum absolute atomic E-state index is 0.0950. The zero-order valence-electron chi connectivity index (χ0n) is 8.84. The first-order valence-electron chi connectivity index (χ1n) is 4.73. The van der Waals surface area contributed by atoms with Crippen LogP contribution in [0.1, 0.15) is 0 Å². The van der Waals surface area contributed by atoms with Crippen molar-refractivity contribution >= 4 is 38.9 Å². The number of hydrogen-bond acceptors (Lipinski definition) is 4. The second-order valence-electron chi connectivity index (χ2n) is 3.28. The van der Waals surface area contributed by atoms with Crippen LogP contribution < -0.4 is 4.72 Å². The van der Waals surface area contributed by atoms with E-state index in [2.05, 4.69) is 14.7 Å². The van der Waals surface area contributed by atoms with Gasteiger partial charge >= 0.3 is 0 Å². The fourth-order valence-corrected chi connectivity index (χ4v) is 2.89. The minimum atomic E-state index is -3.79. The van der Waals surface area contributed by atoms with Crippen LogP contribution in [0.15, 0.2) is 41.7 Å². The molecule has 18 heavy (non-hydrogen) atoms. The van der Waals surface area contributed by atoms with Crippen molar-refractivity contribution in [3.8, 4) is 0 Å². The number of anilines is 1. The molecule has 0 bridgehead atoms. The fraction of sp³-hybridized carbons (Fsp3) is 0. The quantitative estimate of drug-likeness (QED) is 0.885. The Balaban J connectivity index is 2.37. The van der Waals surface area contributed by atoms with E-state index in [9.17, 15) is 8.42 Å². The van der Waals surface area contributed by atoms with E-state index < -0.39 is 10.0 Å². The average molecular weight is 304 g/mol. The highest BCUT2D eigenvalue weighted by molar-refractivity contribution is 7.92. The molecular weight excluding hydrogens is 297 g/mol. The van der Waals surface area contributed by atoms with Gasteiger partial charge in [-0.05, 0) is 18.2 Å². The van der Waals surface area contributed by atoms with Crippen LogP contribution in [-0.4, -0.2) is 18.4 Å². The Morgan fingerprint density at radius 3 is 2.61 bits per heavy atom. The minimum Gasteiger partial charge on any atom is -0.279 e. The lowest BCUT2D eigenvalue weighted by Gasteiger charge is -2.08. The normalized spacial score (nSPS) is 11.2. The third-order valence-corrected chi connectivity index (χ3v) is 4.06. The summed E-state index contributed by atoms with van der Waals surface area (Å²) < 4.78 is 26.4. The summed E-state index contributed by atoms with van der Waals surface area (Å²) in [6, 6.07) is 4.27. The highest BCUT2D eigenvalue weighted by atomic mass is 35.5. The van der Waals surface area contributed by atoms with Crippen LogP contribution in [0.2, 0.25) is 10.2 Å². The molecule has 0 fully saturated rings. The fourth-order valence-electron chi connectivity index (χ4n) is 1.24. The first-order chi connectivity index (χ1) is 8.49. The van der Waals surface area contributed by atoms with Gasteiger partial charge in [-0.2, -0.15) is 0 Å². The van der Waals surface area contributed by atoms with Gasteiger partial charge in [-0.3, -0.25) is 9.71 Å². The van der Waals surface area contributed by atoms with Crippen molar-refractivity contribution < 1.29 is 8.42 Å². The van der Waals surface area contributed by atoms with Gasteiger partial charge in [0.2, 0.25) is 0 Å². The Kier molecular flexibility index (Phi) is 3.70. The lowest BCUT2D eigenvalue weighted by Crippen LogP contribution is -2.13. The Morgan fingerprint density at radius 1 is 1.17 bits per heavy atom. The number of aromatic nitrogens is 2. The Morgan fingerprint density at radius 2 is 1.94 bits per heavy atom. The maximum atomic E-state index is 12.0. The van der Waals surface area contributed by atoms with Crippen molar-refractivity contribution in [2.75, 3.05) is 4.72 Å². The molecule has 0 aliphatic carbocycles. The molecule has 2 aromatic heterocycles. The van der Waals surface area contributed by atoms with E-state index in [1.165, 1.54) is 36.8 Å². The van der Waals surface area contributed by atoms with Crippen molar-refractivity contribution in [2.45, 2.75) is 4.90 Å². The van der Waals surface area contributed by atoms with E-state index >= 15 is 0 Å². The molecule has 0 saturated heterocycles. The molecule has 0 saturated carbocycles. The Hall–Kier alpha value is -1.37. The van der Waals surface area contributed by atoms with E-state index in [1.54, 1.807) is 0 Å². The number of halogens is 2. The predicted molar refractivity (Wildman–Crippen MR) is 69.3 cm³/mol. The second-order valence-corrected chi connectivity index (χ2v) is 5.72. The molecule has 2 rings (SSSR count). The number of rotatable bonds is 3. The van der Waals surface area contributed by atoms with Crippen molar-refractivity contribution in [3.63, 3.8) is 0 Å². The molecule has 8 heteroatoms. The zero-order chi connectivity index (χ0) is 13.2. The van der Waals surface area contributed by atoms with Gasteiger partial charge in [-0.25, -0.2) is 13.4 Å². The van der Waals surface area contributed by atoms with E-state index in [0.717, 1.165) is 0 Å². The maximum absolute atomic E-state index is 12.0. The van der Waals surface area contributed by atoms with Gasteiger partial charge < -0.3 is 0 Å². The van der Waals surface area contributed by atoms with Crippen LogP contribution in [0, 0.1) is 0 Å². The molecule has 0 radical (unpaired) electrons. The summed E-state index contributed by atoms with van der Waals surface area (Å²) >= 11 is 11.5. The molecule has 5 nitrogen and oxygen atoms in total. The summed E-state index contributed by atoms with van der Waals surface area (Å²) in [6.45, 7) is 0. The Bertz CT molecular complexity index is 676. The molecule has 0 atom stereocenters. The number of nitrogens with zero attached hydrogens (tertiary/aromatic N) is 2. The van der Waals surface area contributed by atoms with Crippen LogP contribution in [0.4, 0.5) is 5.69 Å². The van der Waals surface area contributed by atoms with E-state index in [4.69, 9.17) is 23.2 Å². The molecular formula is C10H7Cl2N3O2S. The summed E-state index contributed by atoms with van der Waals surface area (Å²) in [5.74, 6) is 0. The standard InChI is InChI=1S/C10H7Cl2N3O2S/c11-8-2-3-13-6-9(8)18(16,17)15-7-1-4-14-10(12)5-7/h1-6H,(H,14,15). The summed E-state index contributed by atoms with van der Waals surface area (Å²) in [6.07, 6.45) is 3.98. The van der Waals surface area contributed by atoms with Gasteiger partial charge in [0, 0.05) is 18.6 Å². The maximum Gasteiger partial charge on any atom is 0.264 e. The first-order valence-corrected chi connectivity index (χ1v) is 6.97. The molecule has 2 heterocycles. The second kappa shape index (κ2) is 5.09. The topological polar surface area (TPSA) is 72.0 Å². The van der Waals surface area contributed by atoms with Crippen LogP contribution in [0.5, 0.6) is 0 Å². The molecule has 0 aromatic carbocycles. The lowest BCUT2D eigenvalue weighted by molar-refractivity contribution is 0.601. The van der Waals surface area contributed by atoms with Gasteiger partial charge in [0.05, 0.1) is 10.7 Å². The van der Waals surface area contributed by atoms with Gasteiger partial charge in [-0.1, -0.05) is 23.2 Å². The van der Waals surface area contributed by atoms with Gasteiger partial charge in [0.15, 0.2) is 0 Å². The number of nitrogens with one attached hydrogen (secondary N) is 1. The summed E-state index contributed by atoms with van der Waals surface area (Å²) in [5, 5.41) is 0.283. The van der Waals surface area contributed by atoms with Crippen LogP contribution in [0.25, 0.3) is 0 Å². The smallest absolute Gasteiger partial charge is 0.264 e. The molecule has 94 valence electrons. The number of hydrogen-bond donors (Lipinski definition) is 1. The van der Waals surface area contributed by atoms with Crippen molar-refractivity contribution in [1.29, 1.82) is 0 Å². The highest BCUT2D eigenvalue weighted by Gasteiger charge is 2.18. The van der Waals surface area contributed by atoms with Crippen LogP contribution in [0.3, 0.4) is 0 Å². The summed E-state index contributed by atoms with van der Waals surface area (Å²) in [5.41, 5.74) is 0.301. The predicted octanol–water partition coefficient (Wildman–Crippen LogP) is 2.58. The number of pyridine rings is 2. The lowest BCUT2D eigenvalue weighted by atomic mass is 10.4. The van der Waals surface area contributed by atoms with Gasteiger partial charge in [0.1, 0.15) is 10.0 Å². The molecule has 0 amide bonds. The molecule has 0 spiro atoms. The largest absolute Gasteiger partial charge is 0.279 e. The zero-order valence-corrected chi connectivity index (χ0v) is 11.2. The molecule has 0 aliphatic rings. The van der Waals surface area contributed by atoms with E-state index in [-0.39, 0.29) is 15.1 Å². The third kappa shape index (κ3) is 2.90. The molecule has 0 unspecified atom stereocenters. The van der Waals surface area contributed by atoms with Gasteiger partial charge in [0.25, 0.3) is 10.0 Å². The Labute approximate surface area is 114 Å². The van der Waals surface area contributed by atoms with Gasteiger partial charge in [-0.15, -0.1) is 0 Å². The average Bonchev–Trinajstić information content (AvgIpc) is 2.28. The summed E-state index contributed by atoms with van der Waals surface area (Å²) in [7, 11) is -3.79. The molecule has 1 N–H and O–H groups in total. The molecule has 2 aromatic rings. The summed E-state index contributed by atoms with van der Waals surface area (Å²) in [4.78, 5) is 7.38. The van der Waals surface area contributed by atoms with Crippen LogP contribution >= 0.6 is 23.2 Å². The van der Waals surface area contributed by atoms with E-state index in [1.807, 2.05) is 0 Å². The van der Waals surface area contributed by atoms with Crippen molar-refractivity contribution in [2.24, 2.45) is 0 Å². The molecule has 0 aliphatic heterocycles. The van der Waals surface area contributed by atoms with E-state index in [0.29, 0.717) is 5.69 Å². The highest BCUT2D eigenvalue weighted by Crippen LogP contribution is 2.22. The van der Waals surface area contributed by atoms with Crippen LogP contribution in [-0.2, 0) is 10.0 Å². The first kappa shape index (κ1) is 13.1. The monoisotopic (exact) mass is 303 g/mol. The SMILES string of the molecule is O=S(=O)(Nc1ccnc(Cl)c1)c1cnccc1Cl. The van der Waals surface area contributed by atoms with Crippen molar-refractivity contribution in [1.82, 2.24) is 9.97 Å². The van der Waals surface area contributed by atoms with Crippen molar-refractivity contribution in [3.05, 3.63) is 47.0 Å².